The van der Waals surface area contributed by atoms with Crippen LogP contribution in [-0.2, 0) is 0 Å². The zero-order chi connectivity index (χ0) is 13.3. The second-order valence-electron chi connectivity index (χ2n) is 3.83. The average Bonchev–Trinajstić information content (AvgIpc) is 2.46. The minimum absolute atomic E-state index is 0.244. The van der Waals surface area contributed by atoms with Gasteiger partial charge in [-0.05, 0) is 42.3 Å². The molecule has 1 nitrogen and oxygen atoms in total. The summed E-state index contributed by atoms with van der Waals surface area (Å²) in [6.45, 7) is 0. The number of aromatic nitrogens is 1. The standard InChI is InChI=1S/C17H12FN/c18-16-12-10-15(11-13-16)7-3-1-2-4-8-17-9-5-6-14-19-17/h5-6,9-14H,1-2H2. The Morgan fingerprint density at radius 1 is 0.895 bits per heavy atom. The molecule has 19 heavy (non-hydrogen) atoms. The molecule has 92 valence electrons. The van der Waals surface area contributed by atoms with Crippen LogP contribution in [0.15, 0.2) is 48.7 Å². The summed E-state index contributed by atoms with van der Waals surface area (Å²) < 4.78 is 12.7. The zero-order valence-corrected chi connectivity index (χ0v) is 10.4. The van der Waals surface area contributed by atoms with Crippen LogP contribution in [0.25, 0.3) is 0 Å². The normalized spacial score (nSPS) is 8.89. The molecule has 0 amide bonds. The van der Waals surface area contributed by atoms with Gasteiger partial charge in [0.15, 0.2) is 0 Å². The minimum atomic E-state index is -0.244. The van der Waals surface area contributed by atoms with E-state index in [1.807, 2.05) is 18.2 Å². The fourth-order valence-corrected chi connectivity index (χ4v) is 1.41. The van der Waals surface area contributed by atoms with Gasteiger partial charge >= 0.3 is 0 Å². The van der Waals surface area contributed by atoms with E-state index in [4.69, 9.17) is 0 Å². The lowest BCUT2D eigenvalue weighted by Crippen LogP contribution is -1.78. The largest absolute Gasteiger partial charge is 0.248 e. The van der Waals surface area contributed by atoms with Gasteiger partial charge in [0.1, 0.15) is 11.5 Å². The molecule has 0 aliphatic carbocycles. The van der Waals surface area contributed by atoms with E-state index in [-0.39, 0.29) is 5.82 Å². The second-order valence-corrected chi connectivity index (χ2v) is 3.83. The number of unbranched alkanes of at least 4 members (excludes halogenated alkanes) is 1. The molecule has 1 aromatic carbocycles. The fourth-order valence-electron chi connectivity index (χ4n) is 1.41. The molecule has 0 radical (unpaired) electrons. The van der Waals surface area contributed by atoms with E-state index >= 15 is 0 Å². The highest BCUT2D eigenvalue weighted by molar-refractivity contribution is 5.34. The van der Waals surface area contributed by atoms with E-state index in [1.54, 1.807) is 18.3 Å². The molecule has 0 atom stereocenters. The number of hydrogen-bond donors (Lipinski definition) is 0. The molecule has 2 aromatic rings. The van der Waals surface area contributed by atoms with Gasteiger partial charge in [-0.2, -0.15) is 0 Å². The van der Waals surface area contributed by atoms with Crippen LogP contribution in [-0.4, -0.2) is 4.98 Å². The highest BCUT2D eigenvalue weighted by Gasteiger charge is 1.87. The number of halogens is 1. The number of rotatable bonds is 1. The summed E-state index contributed by atoms with van der Waals surface area (Å²) >= 11 is 0. The van der Waals surface area contributed by atoms with Crippen molar-refractivity contribution in [3.63, 3.8) is 0 Å². The van der Waals surface area contributed by atoms with Crippen LogP contribution < -0.4 is 0 Å². The van der Waals surface area contributed by atoms with E-state index in [9.17, 15) is 4.39 Å². The highest BCUT2D eigenvalue weighted by Crippen LogP contribution is 2.00. The molecule has 0 aliphatic rings. The van der Waals surface area contributed by atoms with Gasteiger partial charge in [0, 0.05) is 24.6 Å². The maximum atomic E-state index is 12.7. The third kappa shape index (κ3) is 4.66. The molecule has 0 unspecified atom stereocenters. The molecular weight excluding hydrogens is 237 g/mol. The minimum Gasteiger partial charge on any atom is -0.248 e. The Kier molecular flexibility index (Phi) is 4.73. The van der Waals surface area contributed by atoms with Crippen molar-refractivity contribution in [1.82, 2.24) is 4.98 Å². The van der Waals surface area contributed by atoms with Gasteiger partial charge in [0.25, 0.3) is 0 Å². The first-order valence-corrected chi connectivity index (χ1v) is 5.99. The Hall–Kier alpha value is -2.58. The lowest BCUT2D eigenvalue weighted by Gasteiger charge is -1.88. The SMILES string of the molecule is Fc1ccc(C#CCCC#Cc2ccccn2)cc1. The van der Waals surface area contributed by atoms with Crippen molar-refractivity contribution in [3.8, 4) is 23.7 Å². The molecule has 0 saturated carbocycles. The molecule has 0 bridgehead atoms. The molecule has 0 saturated heterocycles. The van der Waals surface area contributed by atoms with Gasteiger partial charge in [-0.25, -0.2) is 9.37 Å². The molecule has 0 aliphatic heterocycles. The highest BCUT2D eigenvalue weighted by atomic mass is 19.1. The molecule has 1 aromatic heterocycles. The molecule has 1 heterocycles. The van der Waals surface area contributed by atoms with E-state index in [2.05, 4.69) is 28.7 Å². The van der Waals surface area contributed by atoms with E-state index < -0.39 is 0 Å². The summed E-state index contributed by atoms with van der Waals surface area (Å²) in [6, 6.07) is 11.8. The van der Waals surface area contributed by atoms with Crippen LogP contribution in [0.4, 0.5) is 4.39 Å². The van der Waals surface area contributed by atoms with Crippen molar-refractivity contribution < 1.29 is 4.39 Å². The topological polar surface area (TPSA) is 12.9 Å². The monoisotopic (exact) mass is 249 g/mol. The van der Waals surface area contributed by atoms with Crippen LogP contribution in [0.1, 0.15) is 24.1 Å². The number of pyridine rings is 1. The summed E-state index contributed by atoms with van der Waals surface area (Å²) in [5.41, 5.74) is 1.59. The van der Waals surface area contributed by atoms with Gasteiger partial charge in [-0.1, -0.05) is 23.8 Å². The fraction of sp³-hybridized carbons (Fsp3) is 0.118. The van der Waals surface area contributed by atoms with Crippen LogP contribution in [0.2, 0.25) is 0 Å². The Balaban J connectivity index is 1.82. The van der Waals surface area contributed by atoms with E-state index in [1.165, 1.54) is 12.1 Å². The predicted molar refractivity (Wildman–Crippen MR) is 73.6 cm³/mol. The Labute approximate surface area is 112 Å². The first kappa shape index (κ1) is 12.9. The summed E-state index contributed by atoms with van der Waals surface area (Å²) in [6.07, 6.45) is 3.11. The van der Waals surface area contributed by atoms with Gasteiger partial charge in [0.05, 0.1) is 0 Å². The van der Waals surface area contributed by atoms with Crippen LogP contribution >= 0.6 is 0 Å². The van der Waals surface area contributed by atoms with Crippen LogP contribution in [0, 0.1) is 29.5 Å². The second kappa shape index (κ2) is 6.99. The smallest absolute Gasteiger partial charge is 0.123 e. The van der Waals surface area contributed by atoms with Crippen molar-refractivity contribution in [2.45, 2.75) is 12.8 Å². The van der Waals surface area contributed by atoms with Crippen molar-refractivity contribution >= 4 is 0 Å². The Morgan fingerprint density at radius 2 is 1.63 bits per heavy atom. The average molecular weight is 249 g/mol. The number of nitrogens with zero attached hydrogens (tertiary/aromatic N) is 1. The molecule has 2 rings (SSSR count). The maximum absolute atomic E-state index is 12.7. The predicted octanol–water partition coefficient (Wildman–Crippen LogP) is 3.40. The van der Waals surface area contributed by atoms with Gasteiger partial charge < -0.3 is 0 Å². The van der Waals surface area contributed by atoms with E-state index in [0.717, 1.165) is 11.3 Å². The first-order valence-electron chi connectivity index (χ1n) is 5.99. The number of hydrogen-bond acceptors (Lipinski definition) is 1. The van der Waals surface area contributed by atoms with Gasteiger partial charge in [-0.15, -0.1) is 0 Å². The molecule has 2 heteroatoms. The molecular formula is C17H12FN. The Bertz CT molecular complexity index is 637. The zero-order valence-electron chi connectivity index (χ0n) is 10.4. The first-order chi connectivity index (χ1) is 9.34. The lowest BCUT2D eigenvalue weighted by atomic mass is 10.2. The van der Waals surface area contributed by atoms with Crippen molar-refractivity contribution in [2.75, 3.05) is 0 Å². The van der Waals surface area contributed by atoms with Crippen molar-refractivity contribution in [3.05, 3.63) is 65.7 Å². The molecule has 0 N–H and O–H groups in total. The van der Waals surface area contributed by atoms with Crippen molar-refractivity contribution in [1.29, 1.82) is 0 Å². The summed E-state index contributed by atoms with van der Waals surface area (Å²) in [5, 5.41) is 0. The third-order valence-electron chi connectivity index (χ3n) is 2.33. The lowest BCUT2D eigenvalue weighted by molar-refractivity contribution is 0.627. The third-order valence-corrected chi connectivity index (χ3v) is 2.33. The van der Waals surface area contributed by atoms with Gasteiger partial charge in [0.2, 0.25) is 0 Å². The molecule has 0 fully saturated rings. The van der Waals surface area contributed by atoms with Crippen molar-refractivity contribution in [2.24, 2.45) is 0 Å². The van der Waals surface area contributed by atoms with Crippen LogP contribution in [0.3, 0.4) is 0 Å². The van der Waals surface area contributed by atoms with Gasteiger partial charge in [-0.3, -0.25) is 0 Å². The summed E-state index contributed by atoms with van der Waals surface area (Å²) in [4.78, 5) is 4.11. The Morgan fingerprint density at radius 3 is 2.32 bits per heavy atom. The number of benzene rings is 1. The maximum Gasteiger partial charge on any atom is 0.123 e. The summed E-state index contributed by atoms with van der Waals surface area (Å²) in [7, 11) is 0. The van der Waals surface area contributed by atoms with Crippen LogP contribution in [0.5, 0.6) is 0 Å². The summed E-state index contributed by atoms with van der Waals surface area (Å²) in [5.74, 6) is 11.7. The van der Waals surface area contributed by atoms with E-state index in [0.29, 0.717) is 12.8 Å². The quantitative estimate of drug-likeness (QED) is 0.557. The molecule has 0 spiro atoms.